The van der Waals surface area contributed by atoms with Crippen LogP contribution in [-0.2, 0) is 4.79 Å². The zero-order valence-electron chi connectivity index (χ0n) is 7.46. The molecule has 1 amide bonds. The van der Waals surface area contributed by atoms with Crippen molar-refractivity contribution in [3.05, 3.63) is 0 Å². The largest absolute Gasteiger partial charge is 0.370 e. The van der Waals surface area contributed by atoms with Gasteiger partial charge in [0.25, 0.3) is 0 Å². The Morgan fingerprint density at radius 2 is 1.83 bits per heavy atom. The smallest absolute Gasteiger partial charge is 0.217 e. The molecule has 2 aliphatic carbocycles. The van der Waals surface area contributed by atoms with Gasteiger partial charge in [-0.15, -0.1) is 0 Å². The molecule has 2 heteroatoms. The fourth-order valence-corrected chi connectivity index (χ4v) is 3.14. The van der Waals surface area contributed by atoms with Crippen LogP contribution in [0.15, 0.2) is 0 Å². The van der Waals surface area contributed by atoms with E-state index < -0.39 is 0 Å². The molecular weight excluding hydrogens is 150 g/mol. The average Bonchev–Trinajstić information content (AvgIpc) is 2.43. The molecule has 0 heterocycles. The molecule has 0 saturated heterocycles. The summed E-state index contributed by atoms with van der Waals surface area (Å²) in [7, 11) is 0. The van der Waals surface area contributed by atoms with Crippen molar-refractivity contribution in [3.8, 4) is 0 Å². The molecule has 2 saturated carbocycles. The van der Waals surface area contributed by atoms with E-state index in [-0.39, 0.29) is 5.91 Å². The normalized spacial score (nSPS) is 39.8. The lowest BCUT2D eigenvalue weighted by atomic mass is 10.00. The summed E-state index contributed by atoms with van der Waals surface area (Å²) in [4.78, 5) is 10.7. The predicted molar refractivity (Wildman–Crippen MR) is 47.4 cm³/mol. The Morgan fingerprint density at radius 3 is 2.33 bits per heavy atom. The van der Waals surface area contributed by atoms with Crippen LogP contribution in [0.5, 0.6) is 0 Å². The average molecular weight is 167 g/mol. The Kier molecular flexibility index (Phi) is 2.07. The molecule has 2 aliphatic rings. The lowest BCUT2D eigenvalue weighted by Crippen LogP contribution is -2.15. The highest BCUT2D eigenvalue weighted by molar-refractivity contribution is 5.74. The zero-order valence-corrected chi connectivity index (χ0v) is 7.46. The van der Waals surface area contributed by atoms with Gasteiger partial charge < -0.3 is 5.73 Å². The number of hydrogen-bond acceptors (Lipinski definition) is 1. The second-order valence-corrected chi connectivity index (χ2v) is 4.46. The van der Waals surface area contributed by atoms with Gasteiger partial charge in [0.1, 0.15) is 0 Å². The van der Waals surface area contributed by atoms with Gasteiger partial charge in [-0.1, -0.05) is 19.3 Å². The molecule has 0 aromatic rings. The number of rotatable bonds is 2. The standard InChI is InChI=1S/C10H17NO/c11-10(12)6-7-4-8-2-1-3-9(8)5-7/h7-9H,1-6H2,(H2,11,12)/t7?,8-,9+. The highest BCUT2D eigenvalue weighted by Crippen LogP contribution is 2.47. The predicted octanol–water partition coefficient (Wildman–Crippen LogP) is 1.69. The van der Waals surface area contributed by atoms with Crippen LogP contribution in [-0.4, -0.2) is 5.91 Å². The second-order valence-electron chi connectivity index (χ2n) is 4.46. The summed E-state index contributed by atoms with van der Waals surface area (Å²) in [5, 5.41) is 0. The van der Waals surface area contributed by atoms with Crippen LogP contribution in [0.1, 0.15) is 38.5 Å². The first kappa shape index (κ1) is 8.09. The summed E-state index contributed by atoms with van der Waals surface area (Å²) < 4.78 is 0. The van der Waals surface area contributed by atoms with Crippen molar-refractivity contribution < 1.29 is 4.79 Å². The van der Waals surface area contributed by atoms with Crippen molar-refractivity contribution >= 4 is 5.91 Å². The minimum absolute atomic E-state index is 0.111. The van der Waals surface area contributed by atoms with Crippen molar-refractivity contribution in [2.24, 2.45) is 23.5 Å². The van der Waals surface area contributed by atoms with Crippen LogP contribution in [0.4, 0.5) is 0 Å². The van der Waals surface area contributed by atoms with E-state index in [4.69, 9.17) is 5.73 Å². The van der Waals surface area contributed by atoms with Crippen LogP contribution in [0.2, 0.25) is 0 Å². The Morgan fingerprint density at radius 1 is 1.25 bits per heavy atom. The minimum Gasteiger partial charge on any atom is -0.370 e. The Balaban J connectivity index is 1.86. The van der Waals surface area contributed by atoms with Gasteiger partial charge in [-0.3, -0.25) is 4.79 Å². The van der Waals surface area contributed by atoms with E-state index in [2.05, 4.69) is 0 Å². The summed E-state index contributed by atoms with van der Waals surface area (Å²) >= 11 is 0. The topological polar surface area (TPSA) is 43.1 Å². The molecule has 0 spiro atoms. The summed E-state index contributed by atoms with van der Waals surface area (Å²) in [5.74, 6) is 2.39. The summed E-state index contributed by atoms with van der Waals surface area (Å²) in [6, 6.07) is 0. The van der Waals surface area contributed by atoms with E-state index in [1.54, 1.807) is 0 Å². The van der Waals surface area contributed by atoms with Gasteiger partial charge >= 0.3 is 0 Å². The highest BCUT2D eigenvalue weighted by atomic mass is 16.1. The van der Waals surface area contributed by atoms with Crippen molar-refractivity contribution in [2.45, 2.75) is 38.5 Å². The van der Waals surface area contributed by atoms with Crippen LogP contribution in [0.3, 0.4) is 0 Å². The van der Waals surface area contributed by atoms with Crippen LogP contribution < -0.4 is 5.73 Å². The summed E-state index contributed by atoms with van der Waals surface area (Å²) in [6.45, 7) is 0. The first-order chi connectivity index (χ1) is 5.75. The first-order valence-corrected chi connectivity index (χ1v) is 5.04. The van der Waals surface area contributed by atoms with Gasteiger partial charge in [-0.25, -0.2) is 0 Å². The van der Waals surface area contributed by atoms with Crippen molar-refractivity contribution in [1.82, 2.24) is 0 Å². The van der Waals surface area contributed by atoms with Crippen molar-refractivity contribution in [2.75, 3.05) is 0 Å². The molecule has 0 radical (unpaired) electrons. The maximum Gasteiger partial charge on any atom is 0.217 e. The molecule has 0 bridgehead atoms. The number of carbonyl (C=O) groups is 1. The Bertz CT molecular complexity index is 178. The molecule has 2 N–H and O–H groups in total. The number of hydrogen-bond donors (Lipinski definition) is 1. The summed E-state index contributed by atoms with van der Waals surface area (Å²) in [6.07, 6.45) is 7.40. The molecule has 0 aromatic heterocycles. The molecule has 12 heavy (non-hydrogen) atoms. The van der Waals surface area contributed by atoms with Gasteiger partial charge in [-0.2, -0.15) is 0 Å². The number of fused-ring (bicyclic) bond motifs is 1. The molecule has 68 valence electrons. The van der Waals surface area contributed by atoms with Gasteiger partial charge in [0.05, 0.1) is 0 Å². The maximum absolute atomic E-state index is 10.7. The molecule has 0 aromatic carbocycles. The summed E-state index contributed by atoms with van der Waals surface area (Å²) in [5.41, 5.74) is 5.18. The molecule has 2 rings (SSSR count). The third-order valence-corrected chi connectivity index (χ3v) is 3.58. The minimum atomic E-state index is -0.111. The molecule has 3 atom stereocenters. The van der Waals surface area contributed by atoms with E-state index in [0.29, 0.717) is 12.3 Å². The van der Waals surface area contributed by atoms with Crippen molar-refractivity contribution in [1.29, 1.82) is 0 Å². The maximum atomic E-state index is 10.7. The van der Waals surface area contributed by atoms with Gasteiger partial charge in [0.2, 0.25) is 5.91 Å². The fourth-order valence-electron chi connectivity index (χ4n) is 3.14. The molecular formula is C10H17NO. The van der Waals surface area contributed by atoms with Crippen LogP contribution in [0.25, 0.3) is 0 Å². The molecule has 1 unspecified atom stereocenters. The molecule has 2 nitrogen and oxygen atoms in total. The SMILES string of the molecule is NC(=O)CC1C[C@H]2CCC[C@H]2C1. The van der Waals surface area contributed by atoms with Crippen LogP contribution >= 0.6 is 0 Å². The Hall–Kier alpha value is -0.530. The van der Waals surface area contributed by atoms with Gasteiger partial charge in [0.15, 0.2) is 0 Å². The lowest BCUT2D eigenvalue weighted by Gasteiger charge is -2.06. The van der Waals surface area contributed by atoms with E-state index in [1.807, 2.05) is 0 Å². The number of primary amides is 1. The van der Waals surface area contributed by atoms with Crippen molar-refractivity contribution in [3.63, 3.8) is 0 Å². The van der Waals surface area contributed by atoms with E-state index in [9.17, 15) is 4.79 Å². The molecule has 2 fully saturated rings. The monoisotopic (exact) mass is 167 g/mol. The third-order valence-electron chi connectivity index (χ3n) is 3.58. The van der Waals surface area contributed by atoms with Gasteiger partial charge in [-0.05, 0) is 30.6 Å². The zero-order chi connectivity index (χ0) is 8.55. The number of amides is 1. The Labute approximate surface area is 73.5 Å². The number of nitrogens with two attached hydrogens (primary N) is 1. The number of carbonyl (C=O) groups excluding carboxylic acids is 1. The fraction of sp³-hybridized carbons (Fsp3) is 0.900. The lowest BCUT2D eigenvalue weighted by molar-refractivity contribution is -0.118. The third kappa shape index (κ3) is 1.47. The second kappa shape index (κ2) is 3.08. The van der Waals surface area contributed by atoms with E-state index >= 15 is 0 Å². The van der Waals surface area contributed by atoms with Gasteiger partial charge in [0, 0.05) is 6.42 Å². The van der Waals surface area contributed by atoms with Crippen LogP contribution in [0, 0.1) is 17.8 Å². The molecule has 0 aliphatic heterocycles. The highest BCUT2D eigenvalue weighted by Gasteiger charge is 2.37. The van der Waals surface area contributed by atoms with E-state index in [0.717, 1.165) is 11.8 Å². The van der Waals surface area contributed by atoms with E-state index in [1.165, 1.54) is 32.1 Å². The first-order valence-electron chi connectivity index (χ1n) is 5.04. The quantitative estimate of drug-likeness (QED) is 0.668.